The van der Waals surface area contributed by atoms with Crippen LogP contribution in [0.1, 0.15) is 12.5 Å². The van der Waals surface area contributed by atoms with Crippen molar-refractivity contribution in [2.45, 2.75) is 11.8 Å². The maximum Gasteiger partial charge on any atom is 0.179 e. The first-order valence-corrected chi connectivity index (χ1v) is 7.76. The summed E-state index contributed by atoms with van der Waals surface area (Å²) in [6, 6.07) is 7.91. The molecule has 0 aliphatic heterocycles. The Labute approximate surface area is 114 Å². The Kier molecular flexibility index (Phi) is 6.50. The predicted molar refractivity (Wildman–Crippen MR) is 72.6 cm³/mol. The van der Waals surface area contributed by atoms with Crippen LogP contribution in [0.4, 0.5) is 0 Å². The van der Waals surface area contributed by atoms with Gasteiger partial charge in [-0.3, -0.25) is 0 Å². The van der Waals surface area contributed by atoms with Gasteiger partial charge >= 0.3 is 0 Å². The van der Waals surface area contributed by atoms with E-state index in [0.717, 1.165) is 0 Å². The Bertz CT molecular complexity index is 518. The van der Waals surface area contributed by atoms with Gasteiger partial charge in [-0.05, 0) is 31.2 Å². The molecule has 0 spiro atoms. The van der Waals surface area contributed by atoms with Crippen LogP contribution in [0.2, 0.25) is 0 Å². The van der Waals surface area contributed by atoms with Gasteiger partial charge in [-0.25, -0.2) is 8.42 Å². The van der Waals surface area contributed by atoms with Crippen molar-refractivity contribution in [2.75, 3.05) is 32.1 Å². The zero-order valence-corrected chi connectivity index (χ0v) is 11.7. The Morgan fingerprint density at radius 3 is 2.53 bits per heavy atom. The molecule has 0 unspecified atom stereocenters. The lowest BCUT2D eigenvalue weighted by Gasteiger charge is -2.06. The fourth-order valence-corrected chi connectivity index (χ4v) is 2.67. The van der Waals surface area contributed by atoms with Crippen molar-refractivity contribution in [2.24, 2.45) is 0 Å². The zero-order chi connectivity index (χ0) is 14.1. The van der Waals surface area contributed by atoms with E-state index in [9.17, 15) is 8.42 Å². The average molecular weight is 282 g/mol. The summed E-state index contributed by atoms with van der Waals surface area (Å²) in [5.41, 5.74) is 0.453. The molecule has 19 heavy (non-hydrogen) atoms. The second-order valence-corrected chi connectivity index (χ2v) is 6.01. The first-order valence-electron chi connectivity index (χ1n) is 6.11. The summed E-state index contributed by atoms with van der Waals surface area (Å²) in [6.45, 7) is 4.17. The van der Waals surface area contributed by atoms with Crippen molar-refractivity contribution in [3.63, 3.8) is 0 Å². The number of nitrogens with zero attached hydrogens (tertiary/aromatic N) is 1. The van der Waals surface area contributed by atoms with Crippen LogP contribution in [0.25, 0.3) is 0 Å². The summed E-state index contributed by atoms with van der Waals surface area (Å²) < 4.78 is 29.1. The van der Waals surface area contributed by atoms with E-state index in [-0.39, 0.29) is 10.6 Å². The van der Waals surface area contributed by atoms with Crippen LogP contribution in [-0.2, 0) is 14.6 Å². The minimum absolute atomic E-state index is 0.0328. The minimum atomic E-state index is -3.29. The first kappa shape index (κ1) is 15.6. The van der Waals surface area contributed by atoms with Crippen LogP contribution in [-0.4, -0.2) is 40.5 Å². The van der Waals surface area contributed by atoms with E-state index in [1.54, 1.807) is 0 Å². The molecule has 6 heteroatoms. The molecule has 0 amide bonds. The van der Waals surface area contributed by atoms with Gasteiger partial charge in [0, 0.05) is 19.7 Å². The molecule has 0 saturated heterocycles. The molecule has 0 saturated carbocycles. The Morgan fingerprint density at radius 2 is 1.95 bits per heavy atom. The van der Waals surface area contributed by atoms with Gasteiger partial charge in [0.1, 0.15) is 0 Å². The van der Waals surface area contributed by atoms with Crippen molar-refractivity contribution >= 4 is 9.84 Å². The third-order valence-electron chi connectivity index (χ3n) is 2.52. The van der Waals surface area contributed by atoms with Crippen molar-refractivity contribution in [1.29, 1.82) is 5.26 Å². The molecule has 0 bridgehead atoms. The fraction of sp³-hybridized carbons (Fsp3) is 0.462. The first-order chi connectivity index (χ1) is 9.10. The molecule has 1 aromatic carbocycles. The zero-order valence-electron chi connectivity index (χ0n) is 10.9. The predicted octanol–water partition coefficient (Wildman–Crippen LogP) is 0.958. The average Bonchev–Trinajstić information content (AvgIpc) is 2.43. The molecular formula is C13H18N2O3S. The van der Waals surface area contributed by atoms with Crippen LogP contribution in [0.3, 0.4) is 0 Å². The van der Waals surface area contributed by atoms with Crippen LogP contribution < -0.4 is 5.32 Å². The second kappa shape index (κ2) is 7.89. The van der Waals surface area contributed by atoms with Crippen molar-refractivity contribution in [3.05, 3.63) is 29.8 Å². The molecule has 0 aliphatic carbocycles. The molecule has 1 rings (SSSR count). The summed E-state index contributed by atoms with van der Waals surface area (Å²) >= 11 is 0. The maximum atomic E-state index is 12.0. The normalized spacial score (nSPS) is 11.2. The Hall–Kier alpha value is -1.42. The SMILES string of the molecule is CCOCCNCCS(=O)(=O)c1ccc(C#N)cc1. The Morgan fingerprint density at radius 1 is 1.26 bits per heavy atom. The van der Waals surface area contributed by atoms with Crippen molar-refractivity contribution in [1.82, 2.24) is 5.32 Å². The molecule has 1 N–H and O–H groups in total. The smallest absolute Gasteiger partial charge is 0.179 e. The van der Waals surface area contributed by atoms with Gasteiger partial charge in [-0.1, -0.05) is 0 Å². The highest BCUT2D eigenvalue weighted by Gasteiger charge is 2.13. The second-order valence-electron chi connectivity index (χ2n) is 3.90. The number of sulfone groups is 1. The molecule has 5 nitrogen and oxygen atoms in total. The lowest BCUT2D eigenvalue weighted by molar-refractivity contribution is 0.150. The van der Waals surface area contributed by atoms with Crippen LogP contribution in [0, 0.1) is 11.3 Å². The standard InChI is InChI=1S/C13H18N2O3S/c1-2-18-9-7-15-8-10-19(16,17)13-5-3-12(11-14)4-6-13/h3-6,15H,2,7-10H2,1H3. The van der Waals surface area contributed by atoms with E-state index in [1.807, 2.05) is 13.0 Å². The quantitative estimate of drug-likeness (QED) is 0.718. The molecule has 104 valence electrons. The van der Waals surface area contributed by atoms with Crippen LogP contribution in [0.15, 0.2) is 29.2 Å². The number of benzene rings is 1. The molecular weight excluding hydrogens is 264 g/mol. The molecule has 0 aliphatic rings. The van der Waals surface area contributed by atoms with E-state index in [2.05, 4.69) is 5.32 Å². The lowest BCUT2D eigenvalue weighted by Crippen LogP contribution is -2.26. The van der Waals surface area contributed by atoms with Gasteiger partial charge in [-0.15, -0.1) is 0 Å². The van der Waals surface area contributed by atoms with Crippen LogP contribution in [0.5, 0.6) is 0 Å². The third-order valence-corrected chi connectivity index (χ3v) is 4.25. The highest BCUT2D eigenvalue weighted by molar-refractivity contribution is 7.91. The summed E-state index contributed by atoms with van der Waals surface area (Å²) in [5.74, 6) is 0.0328. The topological polar surface area (TPSA) is 79.2 Å². The minimum Gasteiger partial charge on any atom is -0.380 e. The number of nitriles is 1. The number of ether oxygens (including phenoxy) is 1. The molecule has 0 fully saturated rings. The highest BCUT2D eigenvalue weighted by atomic mass is 32.2. The number of hydrogen-bond donors (Lipinski definition) is 1. The number of nitrogens with one attached hydrogen (secondary N) is 1. The van der Waals surface area contributed by atoms with Gasteiger partial charge in [0.05, 0.1) is 28.9 Å². The largest absolute Gasteiger partial charge is 0.380 e. The van der Waals surface area contributed by atoms with Gasteiger partial charge in [0.25, 0.3) is 0 Å². The van der Waals surface area contributed by atoms with Gasteiger partial charge in [0.15, 0.2) is 9.84 Å². The molecule has 0 radical (unpaired) electrons. The Balaban J connectivity index is 2.45. The summed E-state index contributed by atoms with van der Waals surface area (Å²) in [7, 11) is -3.29. The molecule has 1 aromatic rings. The molecule has 0 aromatic heterocycles. The van der Waals surface area contributed by atoms with E-state index in [1.165, 1.54) is 24.3 Å². The highest BCUT2D eigenvalue weighted by Crippen LogP contribution is 2.11. The summed E-state index contributed by atoms with van der Waals surface area (Å²) in [4.78, 5) is 0.248. The van der Waals surface area contributed by atoms with Gasteiger partial charge < -0.3 is 10.1 Å². The summed E-state index contributed by atoms with van der Waals surface area (Å²) in [5, 5.41) is 11.7. The third kappa shape index (κ3) is 5.39. The van der Waals surface area contributed by atoms with E-state index < -0.39 is 9.84 Å². The van der Waals surface area contributed by atoms with E-state index in [4.69, 9.17) is 10.00 Å². The number of hydrogen-bond acceptors (Lipinski definition) is 5. The van der Waals surface area contributed by atoms with Gasteiger partial charge in [0.2, 0.25) is 0 Å². The molecule has 0 heterocycles. The monoisotopic (exact) mass is 282 g/mol. The van der Waals surface area contributed by atoms with E-state index in [0.29, 0.717) is 31.9 Å². The maximum absolute atomic E-state index is 12.0. The van der Waals surface area contributed by atoms with E-state index >= 15 is 0 Å². The van der Waals surface area contributed by atoms with Gasteiger partial charge in [-0.2, -0.15) is 5.26 Å². The van der Waals surface area contributed by atoms with Crippen molar-refractivity contribution in [3.8, 4) is 6.07 Å². The van der Waals surface area contributed by atoms with Crippen LogP contribution >= 0.6 is 0 Å². The fourth-order valence-electron chi connectivity index (χ4n) is 1.47. The number of rotatable bonds is 8. The summed E-state index contributed by atoms with van der Waals surface area (Å²) in [6.07, 6.45) is 0. The van der Waals surface area contributed by atoms with Crippen molar-refractivity contribution < 1.29 is 13.2 Å². The lowest BCUT2D eigenvalue weighted by atomic mass is 10.2. The molecule has 0 atom stereocenters.